The molecule has 3 nitrogen and oxygen atoms in total. The molecule has 0 aliphatic carbocycles. The van der Waals surface area contributed by atoms with Crippen LogP contribution in [0.1, 0.15) is 32.3 Å². The van der Waals surface area contributed by atoms with E-state index >= 15 is 0 Å². The van der Waals surface area contributed by atoms with Crippen LogP contribution in [0.15, 0.2) is 18.2 Å². The van der Waals surface area contributed by atoms with E-state index in [1.165, 1.54) is 7.11 Å². The molecular formula is C16H25FN2O. The van der Waals surface area contributed by atoms with Gasteiger partial charge in [-0.3, -0.25) is 4.90 Å². The highest BCUT2D eigenvalue weighted by molar-refractivity contribution is 5.29. The number of ether oxygens (including phenoxy) is 1. The fraction of sp³-hybridized carbons (Fsp3) is 0.625. The largest absolute Gasteiger partial charge is 0.494 e. The van der Waals surface area contributed by atoms with Crippen LogP contribution < -0.4 is 10.1 Å². The maximum absolute atomic E-state index is 13.8. The van der Waals surface area contributed by atoms with Gasteiger partial charge in [-0.15, -0.1) is 0 Å². The van der Waals surface area contributed by atoms with Crippen molar-refractivity contribution in [2.45, 2.75) is 38.8 Å². The second-order valence-electron chi connectivity index (χ2n) is 5.50. The first-order valence-corrected chi connectivity index (χ1v) is 7.43. The van der Waals surface area contributed by atoms with Gasteiger partial charge in [0.1, 0.15) is 0 Å². The highest BCUT2D eigenvalue weighted by Gasteiger charge is 2.35. The predicted molar refractivity (Wildman–Crippen MR) is 79.5 cm³/mol. The molecule has 4 heteroatoms. The lowest BCUT2D eigenvalue weighted by Gasteiger charge is -2.47. The number of piperazine rings is 1. The zero-order chi connectivity index (χ0) is 14.6. The van der Waals surface area contributed by atoms with Crippen molar-refractivity contribution in [2.24, 2.45) is 0 Å². The van der Waals surface area contributed by atoms with Gasteiger partial charge in [-0.1, -0.05) is 19.9 Å². The molecule has 0 aromatic heterocycles. The second kappa shape index (κ2) is 6.55. The molecule has 1 fully saturated rings. The average Bonchev–Trinajstić information content (AvgIpc) is 2.48. The lowest BCUT2D eigenvalue weighted by molar-refractivity contribution is 0.0447. The summed E-state index contributed by atoms with van der Waals surface area (Å²) in [5.41, 5.74) is 1.20. The summed E-state index contributed by atoms with van der Waals surface area (Å²) in [6, 6.07) is 5.27. The Balaban J connectivity index is 2.16. The van der Waals surface area contributed by atoms with Gasteiger partial charge in [-0.2, -0.15) is 0 Å². The van der Waals surface area contributed by atoms with Gasteiger partial charge < -0.3 is 10.1 Å². The minimum absolute atomic E-state index is 0.189. The number of rotatable bonds is 5. The van der Waals surface area contributed by atoms with Crippen LogP contribution in [0.3, 0.4) is 0 Å². The van der Waals surface area contributed by atoms with E-state index in [1.807, 2.05) is 6.07 Å². The summed E-state index contributed by atoms with van der Waals surface area (Å²) in [5, 5.41) is 3.49. The Bertz CT molecular complexity index is 446. The second-order valence-corrected chi connectivity index (χ2v) is 5.50. The van der Waals surface area contributed by atoms with Gasteiger partial charge in [-0.05, 0) is 30.5 Å². The maximum Gasteiger partial charge on any atom is 0.165 e. The topological polar surface area (TPSA) is 24.5 Å². The summed E-state index contributed by atoms with van der Waals surface area (Å²) < 4.78 is 18.8. The molecule has 1 aromatic rings. The predicted octanol–water partition coefficient (Wildman–Crippen LogP) is 2.80. The van der Waals surface area contributed by atoms with E-state index in [-0.39, 0.29) is 11.4 Å². The van der Waals surface area contributed by atoms with E-state index in [1.54, 1.807) is 12.1 Å². The minimum Gasteiger partial charge on any atom is -0.494 e. The molecule has 0 spiro atoms. The Morgan fingerprint density at radius 3 is 2.70 bits per heavy atom. The SMILES string of the molecule is CCC1(CC)CNCCN1Cc1ccc(OC)c(F)c1. The smallest absolute Gasteiger partial charge is 0.165 e. The molecule has 1 aromatic carbocycles. The van der Waals surface area contributed by atoms with Crippen LogP contribution in [0.4, 0.5) is 4.39 Å². The van der Waals surface area contributed by atoms with Crippen LogP contribution in [0.5, 0.6) is 5.75 Å². The Morgan fingerprint density at radius 2 is 2.10 bits per heavy atom. The third-order valence-electron chi connectivity index (χ3n) is 4.59. The maximum atomic E-state index is 13.8. The van der Waals surface area contributed by atoms with E-state index in [9.17, 15) is 4.39 Å². The molecular weight excluding hydrogens is 255 g/mol. The minimum atomic E-state index is -0.279. The molecule has 0 atom stereocenters. The van der Waals surface area contributed by atoms with E-state index in [2.05, 4.69) is 24.1 Å². The summed E-state index contributed by atoms with van der Waals surface area (Å²) in [6.07, 6.45) is 2.21. The van der Waals surface area contributed by atoms with Crippen LogP contribution in [0.2, 0.25) is 0 Å². The van der Waals surface area contributed by atoms with Gasteiger partial charge in [-0.25, -0.2) is 4.39 Å². The van der Waals surface area contributed by atoms with Gasteiger partial charge in [0, 0.05) is 31.7 Å². The molecule has 112 valence electrons. The number of nitrogens with zero attached hydrogens (tertiary/aromatic N) is 1. The van der Waals surface area contributed by atoms with Crippen molar-refractivity contribution < 1.29 is 9.13 Å². The van der Waals surface area contributed by atoms with Crippen LogP contribution in [0.25, 0.3) is 0 Å². The first kappa shape index (κ1) is 15.3. The molecule has 1 saturated heterocycles. The van der Waals surface area contributed by atoms with Crippen LogP contribution >= 0.6 is 0 Å². The van der Waals surface area contributed by atoms with Gasteiger partial charge in [0.2, 0.25) is 0 Å². The van der Waals surface area contributed by atoms with Crippen molar-refractivity contribution in [2.75, 3.05) is 26.7 Å². The van der Waals surface area contributed by atoms with Crippen LogP contribution in [-0.2, 0) is 6.54 Å². The summed E-state index contributed by atoms with van der Waals surface area (Å²) >= 11 is 0. The quantitative estimate of drug-likeness (QED) is 0.897. The molecule has 0 unspecified atom stereocenters. The zero-order valence-electron chi connectivity index (χ0n) is 12.7. The van der Waals surface area contributed by atoms with Gasteiger partial charge >= 0.3 is 0 Å². The molecule has 0 bridgehead atoms. The number of hydrogen-bond acceptors (Lipinski definition) is 3. The first-order valence-electron chi connectivity index (χ1n) is 7.43. The number of hydrogen-bond donors (Lipinski definition) is 1. The molecule has 2 rings (SSSR count). The summed E-state index contributed by atoms with van der Waals surface area (Å²) in [4.78, 5) is 2.49. The number of benzene rings is 1. The number of nitrogens with one attached hydrogen (secondary N) is 1. The molecule has 0 amide bonds. The number of methoxy groups -OCH3 is 1. The highest BCUT2D eigenvalue weighted by atomic mass is 19.1. The van der Waals surface area contributed by atoms with Gasteiger partial charge in [0.15, 0.2) is 11.6 Å². The Hall–Kier alpha value is -1.13. The normalized spacial score (nSPS) is 19.0. The fourth-order valence-electron chi connectivity index (χ4n) is 3.11. The molecule has 1 heterocycles. The Morgan fingerprint density at radius 1 is 1.35 bits per heavy atom. The van der Waals surface area contributed by atoms with Crippen molar-refractivity contribution in [3.8, 4) is 5.75 Å². The monoisotopic (exact) mass is 280 g/mol. The lowest BCUT2D eigenvalue weighted by Crippen LogP contribution is -2.60. The fourth-order valence-corrected chi connectivity index (χ4v) is 3.11. The summed E-state index contributed by atoms with van der Waals surface area (Å²) in [6.45, 7) is 8.29. The molecule has 20 heavy (non-hydrogen) atoms. The van der Waals surface area contributed by atoms with Crippen molar-refractivity contribution in [3.05, 3.63) is 29.6 Å². The molecule has 1 aliphatic rings. The van der Waals surface area contributed by atoms with Gasteiger partial charge in [0.25, 0.3) is 0 Å². The van der Waals surface area contributed by atoms with E-state index in [0.717, 1.165) is 44.6 Å². The van der Waals surface area contributed by atoms with Crippen molar-refractivity contribution in [1.29, 1.82) is 0 Å². The van der Waals surface area contributed by atoms with Gasteiger partial charge in [0.05, 0.1) is 7.11 Å². The Kier molecular flexibility index (Phi) is 5.00. The first-order chi connectivity index (χ1) is 9.65. The number of halogens is 1. The third-order valence-corrected chi connectivity index (χ3v) is 4.59. The molecule has 1 aliphatic heterocycles. The van der Waals surface area contributed by atoms with Crippen molar-refractivity contribution in [1.82, 2.24) is 10.2 Å². The standard InChI is InChI=1S/C16H25FN2O/c1-4-16(5-2)12-18-8-9-19(16)11-13-6-7-15(20-3)14(17)10-13/h6-7,10,18H,4-5,8-9,11-12H2,1-3H3. The molecule has 0 radical (unpaired) electrons. The zero-order valence-corrected chi connectivity index (χ0v) is 12.7. The van der Waals surface area contributed by atoms with E-state index in [4.69, 9.17) is 4.74 Å². The highest BCUT2D eigenvalue weighted by Crippen LogP contribution is 2.28. The van der Waals surface area contributed by atoms with E-state index < -0.39 is 0 Å². The van der Waals surface area contributed by atoms with Crippen LogP contribution in [-0.4, -0.2) is 37.2 Å². The molecule has 1 N–H and O–H groups in total. The third kappa shape index (κ3) is 2.96. The summed E-state index contributed by atoms with van der Waals surface area (Å²) in [5.74, 6) is 0.0324. The summed E-state index contributed by atoms with van der Waals surface area (Å²) in [7, 11) is 1.49. The van der Waals surface area contributed by atoms with Crippen molar-refractivity contribution >= 4 is 0 Å². The molecule has 0 saturated carbocycles. The Labute approximate surface area is 121 Å². The lowest BCUT2D eigenvalue weighted by atomic mass is 9.88. The average molecular weight is 280 g/mol. The van der Waals surface area contributed by atoms with Crippen LogP contribution in [0, 0.1) is 5.82 Å². The van der Waals surface area contributed by atoms with Crippen molar-refractivity contribution in [3.63, 3.8) is 0 Å². The van der Waals surface area contributed by atoms with E-state index in [0.29, 0.717) is 5.75 Å².